The second-order valence-corrected chi connectivity index (χ2v) is 6.77. The Kier molecular flexibility index (Phi) is 3.45. The van der Waals surface area contributed by atoms with Gasteiger partial charge in [-0.25, -0.2) is 0 Å². The fraction of sp³-hybridized carbons (Fsp3) is 1.00. The first-order valence-electron chi connectivity index (χ1n) is 7.71. The van der Waals surface area contributed by atoms with Crippen LogP contribution in [0.25, 0.3) is 0 Å². The Balaban J connectivity index is 1.44. The summed E-state index contributed by atoms with van der Waals surface area (Å²) in [5.74, 6) is 2.06. The maximum absolute atomic E-state index is 10.3. The molecule has 17 heavy (non-hydrogen) atoms. The fourth-order valence-electron chi connectivity index (χ4n) is 3.95. The zero-order valence-corrected chi connectivity index (χ0v) is 11.0. The van der Waals surface area contributed by atoms with Gasteiger partial charge in [0.05, 0.1) is 5.60 Å². The maximum atomic E-state index is 10.3. The first-order valence-corrected chi connectivity index (χ1v) is 7.71. The van der Waals surface area contributed by atoms with Gasteiger partial charge in [0, 0.05) is 12.6 Å². The second kappa shape index (κ2) is 4.89. The Morgan fingerprint density at radius 2 is 1.71 bits per heavy atom. The van der Waals surface area contributed by atoms with Crippen molar-refractivity contribution in [2.75, 3.05) is 6.54 Å². The van der Waals surface area contributed by atoms with E-state index in [1.54, 1.807) is 0 Å². The van der Waals surface area contributed by atoms with Gasteiger partial charge in [0.15, 0.2) is 0 Å². The number of hydrogen-bond acceptors (Lipinski definition) is 2. The lowest BCUT2D eigenvalue weighted by Crippen LogP contribution is -2.44. The molecule has 2 N–H and O–H groups in total. The third-order valence-corrected chi connectivity index (χ3v) is 5.26. The lowest BCUT2D eigenvalue weighted by Gasteiger charge is -2.32. The minimum absolute atomic E-state index is 0.369. The molecule has 3 aliphatic rings. The van der Waals surface area contributed by atoms with Crippen LogP contribution in [0, 0.1) is 11.8 Å². The van der Waals surface area contributed by atoms with Crippen LogP contribution in [-0.4, -0.2) is 23.3 Å². The van der Waals surface area contributed by atoms with E-state index in [1.165, 1.54) is 51.4 Å². The van der Waals surface area contributed by atoms with Crippen molar-refractivity contribution in [3.63, 3.8) is 0 Å². The van der Waals surface area contributed by atoms with Gasteiger partial charge in [0.25, 0.3) is 0 Å². The van der Waals surface area contributed by atoms with Gasteiger partial charge in [-0.05, 0) is 50.4 Å². The molecule has 0 aliphatic heterocycles. The van der Waals surface area contributed by atoms with Gasteiger partial charge in [0.2, 0.25) is 0 Å². The predicted molar refractivity (Wildman–Crippen MR) is 69.9 cm³/mol. The van der Waals surface area contributed by atoms with Crippen molar-refractivity contribution >= 4 is 0 Å². The van der Waals surface area contributed by atoms with Crippen molar-refractivity contribution in [2.24, 2.45) is 11.8 Å². The van der Waals surface area contributed by atoms with Crippen molar-refractivity contribution in [3.8, 4) is 0 Å². The average Bonchev–Trinajstić information content (AvgIpc) is 3.11. The van der Waals surface area contributed by atoms with Gasteiger partial charge in [0.1, 0.15) is 0 Å². The summed E-state index contributed by atoms with van der Waals surface area (Å²) >= 11 is 0. The maximum Gasteiger partial charge on any atom is 0.0771 e. The molecule has 0 saturated heterocycles. The molecular weight excluding hydrogens is 210 g/mol. The quantitative estimate of drug-likeness (QED) is 0.788. The van der Waals surface area contributed by atoms with Crippen molar-refractivity contribution in [3.05, 3.63) is 0 Å². The molecule has 3 fully saturated rings. The van der Waals surface area contributed by atoms with Gasteiger partial charge in [-0.3, -0.25) is 0 Å². The highest BCUT2D eigenvalue weighted by Crippen LogP contribution is 2.44. The third-order valence-electron chi connectivity index (χ3n) is 5.26. The van der Waals surface area contributed by atoms with E-state index >= 15 is 0 Å². The Bertz CT molecular complexity index is 256. The summed E-state index contributed by atoms with van der Waals surface area (Å²) in [5.41, 5.74) is -0.369. The summed E-state index contributed by atoms with van der Waals surface area (Å²) in [5, 5.41) is 14.0. The highest BCUT2D eigenvalue weighted by Gasteiger charge is 2.36. The number of nitrogens with one attached hydrogen (secondary N) is 1. The van der Waals surface area contributed by atoms with Crippen molar-refractivity contribution in [1.82, 2.24) is 5.32 Å². The lowest BCUT2D eigenvalue weighted by atomic mass is 9.82. The van der Waals surface area contributed by atoms with E-state index in [4.69, 9.17) is 0 Å². The SMILES string of the molecule is OC1(CNC2CCCC(C3CC3)C2)CCCC1. The van der Waals surface area contributed by atoms with E-state index in [2.05, 4.69) is 5.32 Å². The normalized spacial score (nSPS) is 37.2. The van der Waals surface area contributed by atoms with E-state index < -0.39 is 0 Å². The Labute approximate surface area is 105 Å². The van der Waals surface area contributed by atoms with E-state index in [1.807, 2.05) is 0 Å². The third kappa shape index (κ3) is 3.03. The molecule has 0 aromatic heterocycles. The van der Waals surface area contributed by atoms with Crippen LogP contribution in [0.5, 0.6) is 0 Å². The van der Waals surface area contributed by atoms with Crippen LogP contribution in [0.4, 0.5) is 0 Å². The lowest BCUT2D eigenvalue weighted by molar-refractivity contribution is 0.0420. The van der Waals surface area contributed by atoms with Gasteiger partial charge in [-0.1, -0.05) is 25.7 Å². The molecule has 0 amide bonds. The van der Waals surface area contributed by atoms with Crippen molar-refractivity contribution in [2.45, 2.75) is 75.9 Å². The van der Waals surface area contributed by atoms with Crippen LogP contribution in [0.15, 0.2) is 0 Å². The monoisotopic (exact) mass is 237 g/mol. The zero-order chi connectivity index (χ0) is 11.7. The largest absolute Gasteiger partial charge is 0.389 e. The van der Waals surface area contributed by atoms with Crippen molar-refractivity contribution in [1.29, 1.82) is 0 Å². The van der Waals surface area contributed by atoms with E-state index in [0.717, 1.165) is 31.2 Å². The van der Waals surface area contributed by atoms with Crippen molar-refractivity contribution < 1.29 is 5.11 Å². The van der Waals surface area contributed by atoms with Gasteiger partial charge >= 0.3 is 0 Å². The Morgan fingerprint density at radius 1 is 0.941 bits per heavy atom. The van der Waals surface area contributed by atoms with Crippen LogP contribution in [0.2, 0.25) is 0 Å². The average molecular weight is 237 g/mol. The molecule has 0 spiro atoms. The zero-order valence-electron chi connectivity index (χ0n) is 11.0. The molecule has 2 heteroatoms. The molecule has 98 valence electrons. The Hall–Kier alpha value is -0.0800. The molecule has 2 atom stereocenters. The summed E-state index contributed by atoms with van der Waals surface area (Å²) < 4.78 is 0. The predicted octanol–water partition coefficient (Wildman–Crippen LogP) is 2.85. The van der Waals surface area contributed by atoms with E-state index in [9.17, 15) is 5.11 Å². The topological polar surface area (TPSA) is 32.3 Å². The first-order chi connectivity index (χ1) is 8.25. The molecule has 0 aromatic rings. The van der Waals surface area contributed by atoms with E-state index in [0.29, 0.717) is 6.04 Å². The number of aliphatic hydroxyl groups is 1. The smallest absolute Gasteiger partial charge is 0.0771 e. The summed E-state index contributed by atoms with van der Waals surface area (Å²) in [7, 11) is 0. The highest BCUT2D eigenvalue weighted by atomic mass is 16.3. The minimum Gasteiger partial charge on any atom is -0.389 e. The van der Waals surface area contributed by atoms with Crippen LogP contribution in [0.3, 0.4) is 0 Å². The van der Waals surface area contributed by atoms with Crippen LogP contribution in [0.1, 0.15) is 64.2 Å². The Morgan fingerprint density at radius 3 is 2.41 bits per heavy atom. The van der Waals surface area contributed by atoms with Gasteiger partial charge < -0.3 is 10.4 Å². The molecule has 3 saturated carbocycles. The van der Waals surface area contributed by atoms with Crippen LogP contribution in [-0.2, 0) is 0 Å². The molecule has 2 unspecified atom stereocenters. The molecular formula is C15H27NO. The molecule has 2 nitrogen and oxygen atoms in total. The van der Waals surface area contributed by atoms with E-state index in [-0.39, 0.29) is 5.60 Å². The van der Waals surface area contributed by atoms with Gasteiger partial charge in [-0.15, -0.1) is 0 Å². The summed E-state index contributed by atoms with van der Waals surface area (Å²) in [6.45, 7) is 0.842. The first kappa shape index (κ1) is 12.0. The summed E-state index contributed by atoms with van der Waals surface area (Å²) in [4.78, 5) is 0. The molecule has 3 rings (SSSR count). The molecule has 0 bridgehead atoms. The molecule has 0 aromatic carbocycles. The van der Waals surface area contributed by atoms with Crippen LogP contribution >= 0.6 is 0 Å². The highest BCUT2D eigenvalue weighted by molar-refractivity contribution is 4.91. The second-order valence-electron chi connectivity index (χ2n) is 6.77. The summed E-state index contributed by atoms with van der Waals surface area (Å²) in [6.07, 6.45) is 13.0. The standard InChI is InChI=1S/C15H27NO/c17-15(8-1-2-9-15)11-16-14-5-3-4-13(10-14)12-6-7-12/h12-14,16-17H,1-11H2. The number of hydrogen-bond donors (Lipinski definition) is 2. The minimum atomic E-state index is -0.369. The fourth-order valence-corrected chi connectivity index (χ4v) is 3.95. The van der Waals surface area contributed by atoms with Crippen LogP contribution < -0.4 is 5.32 Å². The number of rotatable bonds is 4. The summed E-state index contributed by atoms with van der Waals surface area (Å²) in [6, 6.07) is 0.693. The molecule has 3 aliphatic carbocycles. The van der Waals surface area contributed by atoms with Gasteiger partial charge in [-0.2, -0.15) is 0 Å². The molecule has 0 radical (unpaired) electrons. The molecule has 0 heterocycles.